The van der Waals surface area contributed by atoms with Crippen molar-refractivity contribution in [2.24, 2.45) is 0 Å². The first-order chi connectivity index (χ1) is 20.6. The van der Waals surface area contributed by atoms with E-state index in [1.807, 2.05) is 0 Å². The molecule has 3 aromatic rings. The Morgan fingerprint density at radius 1 is 1.16 bits per heavy atom. The molecule has 0 saturated carbocycles. The predicted octanol–water partition coefficient (Wildman–Crippen LogP) is 4.91. The lowest BCUT2D eigenvalue weighted by Gasteiger charge is -2.31. The number of anilines is 2. The van der Waals surface area contributed by atoms with E-state index in [0.717, 1.165) is 49.2 Å². The number of H-pyrrole nitrogens is 1. The summed E-state index contributed by atoms with van der Waals surface area (Å²) in [6.45, 7) is 3.01. The number of rotatable bonds is 3. The third-order valence-corrected chi connectivity index (χ3v) is 8.66. The molecule has 4 aliphatic heterocycles. The maximum absolute atomic E-state index is 14.8. The van der Waals surface area contributed by atoms with E-state index in [2.05, 4.69) is 30.0 Å². The molecule has 3 N–H and O–H groups in total. The number of alkyl halides is 4. The first kappa shape index (κ1) is 29.5. The van der Waals surface area contributed by atoms with Gasteiger partial charge in [0.1, 0.15) is 12.0 Å². The normalized spacial score (nSPS) is 23.6. The quantitative estimate of drug-likeness (QED) is 0.320. The van der Waals surface area contributed by atoms with Crippen molar-refractivity contribution in [3.05, 3.63) is 57.8 Å². The molecule has 3 unspecified atom stereocenters. The highest BCUT2D eigenvalue weighted by Gasteiger charge is 2.40. The number of ether oxygens (including phenoxy) is 2. The zero-order chi connectivity index (χ0) is 30.3. The van der Waals surface area contributed by atoms with Crippen LogP contribution in [0.25, 0.3) is 0 Å². The summed E-state index contributed by atoms with van der Waals surface area (Å²) in [6.07, 6.45) is 0.197. The number of hydrogen-bond donors (Lipinski definition) is 2. The lowest BCUT2D eigenvalue weighted by atomic mass is 9.94. The molecule has 6 heterocycles. The SMILES string of the molecule is COc1nc2c(c(N3CCCc4[nH]ncc4C3)n1)COC(c1c(C(F)(F)F)ccc(N)c1F)C2.FC1CC2CCCN2C1. The number of fused-ring (bicyclic) bond motifs is 3. The van der Waals surface area contributed by atoms with Crippen molar-refractivity contribution >= 4 is 11.5 Å². The van der Waals surface area contributed by atoms with Crippen LogP contribution in [0.2, 0.25) is 0 Å². The second-order valence-electron chi connectivity index (χ2n) is 11.4. The van der Waals surface area contributed by atoms with Gasteiger partial charge in [-0.1, -0.05) is 0 Å². The lowest BCUT2D eigenvalue weighted by molar-refractivity contribution is -0.140. The molecule has 0 aliphatic carbocycles. The van der Waals surface area contributed by atoms with E-state index in [9.17, 15) is 22.0 Å². The van der Waals surface area contributed by atoms with Gasteiger partial charge in [-0.05, 0) is 50.8 Å². The molecule has 0 bridgehead atoms. The minimum absolute atomic E-state index is 0.0788. The molecule has 43 heavy (non-hydrogen) atoms. The van der Waals surface area contributed by atoms with Crippen LogP contribution in [-0.4, -0.2) is 64.0 Å². The van der Waals surface area contributed by atoms with E-state index < -0.39 is 35.4 Å². The minimum Gasteiger partial charge on any atom is -0.467 e. The van der Waals surface area contributed by atoms with E-state index in [1.165, 1.54) is 20.0 Å². The molecule has 2 saturated heterocycles. The first-order valence-corrected chi connectivity index (χ1v) is 14.5. The van der Waals surface area contributed by atoms with Crippen LogP contribution in [0.4, 0.5) is 33.5 Å². The highest BCUT2D eigenvalue weighted by molar-refractivity contribution is 5.53. The van der Waals surface area contributed by atoms with Crippen molar-refractivity contribution in [3.63, 3.8) is 0 Å². The standard InChI is InChI=1S/C22H22F4N6O2.C7H12FN/c1-33-21-29-16-7-17(18-13(22(24,25)26)4-5-14(27)19(18)23)34-10-12(16)20(30-21)32-6-2-3-15-11(9-32)8-28-31-15;8-6-4-7-2-1-3-9(7)5-6/h4-5,8,17H,2-3,6-7,9-10,27H2,1H3,(H,28,31);6-7H,1-5H2. The Balaban J connectivity index is 0.000000310. The van der Waals surface area contributed by atoms with Crippen molar-refractivity contribution in [2.45, 2.75) is 76.2 Å². The highest BCUT2D eigenvalue weighted by Crippen LogP contribution is 2.43. The Bertz CT molecular complexity index is 1450. The number of aromatic amines is 1. The number of nitrogens with zero attached hydrogens (tertiary/aromatic N) is 5. The van der Waals surface area contributed by atoms with Gasteiger partial charge in [-0.3, -0.25) is 10.00 Å². The van der Waals surface area contributed by atoms with Crippen LogP contribution in [-0.2, 0) is 36.9 Å². The van der Waals surface area contributed by atoms with Gasteiger partial charge in [-0.2, -0.15) is 28.2 Å². The number of hydrogen-bond acceptors (Lipinski definition) is 8. The molecule has 4 aliphatic rings. The van der Waals surface area contributed by atoms with Crippen molar-refractivity contribution in [3.8, 4) is 6.01 Å². The average Bonchev–Trinajstić information content (AvgIpc) is 3.66. The van der Waals surface area contributed by atoms with Gasteiger partial charge in [0.25, 0.3) is 0 Å². The number of aryl methyl sites for hydroxylation is 1. The Labute approximate surface area is 245 Å². The van der Waals surface area contributed by atoms with Gasteiger partial charge in [-0.25, -0.2) is 8.78 Å². The molecule has 0 spiro atoms. The molecule has 3 atom stereocenters. The summed E-state index contributed by atoms with van der Waals surface area (Å²) in [5, 5.41) is 7.12. The zero-order valence-electron chi connectivity index (χ0n) is 23.8. The van der Waals surface area contributed by atoms with Crippen molar-refractivity contribution in [2.75, 3.05) is 37.4 Å². The topological polar surface area (TPSA) is 105 Å². The number of nitrogen functional groups attached to an aromatic ring is 1. The third kappa shape index (κ3) is 5.99. The van der Waals surface area contributed by atoms with Crippen LogP contribution in [0.3, 0.4) is 0 Å². The molecular formula is C29H34F5N7O2. The highest BCUT2D eigenvalue weighted by atomic mass is 19.4. The van der Waals surface area contributed by atoms with E-state index in [0.29, 0.717) is 42.8 Å². The predicted molar refractivity (Wildman–Crippen MR) is 148 cm³/mol. The van der Waals surface area contributed by atoms with Gasteiger partial charge in [0.05, 0.1) is 43.0 Å². The smallest absolute Gasteiger partial charge is 0.416 e. The largest absolute Gasteiger partial charge is 0.467 e. The molecule has 1 aromatic carbocycles. The second-order valence-corrected chi connectivity index (χ2v) is 11.4. The number of nitrogens with two attached hydrogens (primary N) is 1. The van der Waals surface area contributed by atoms with Gasteiger partial charge in [0.2, 0.25) is 0 Å². The Hall–Kier alpha value is -3.52. The molecule has 7 rings (SSSR count). The van der Waals surface area contributed by atoms with Gasteiger partial charge < -0.3 is 20.1 Å². The molecule has 2 aromatic heterocycles. The molecule has 14 heteroatoms. The monoisotopic (exact) mass is 607 g/mol. The van der Waals surface area contributed by atoms with Crippen LogP contribution in [0.1, 0.15) is 65.4 Å². The summed E-state index contributed by atoms with van der Waals surface area (Å²) >= 11 is 0. The summed E-state index contributed by atoms with van der Waals surface area (Å²) in [7, 11) is 1.41. The molecular weight excluding hydrogens is 573 g/mol. The van der Waals surface area contributed by atoms with Crippen molar-refractivity contribution < 1.29 is 31.4 Å². The summed E-state index contributed by atoms with van der Waals surface area (Å²) in [4.78, 5) is 13.2. The van der Waals surface area contributed by atoms with Crippen molar-refractivity contribution in [1.82, 2.24) is 25.1 Å². The first-order valence-electron chi connectivity index (χ1n) is 14.5. The molecule has 9 nitrogen and oxygen atoms in total. The Morgan fingerprint density at radius 3 is 2.77 bits per heavy atom. The summed E-state index contributed by atoms with van der Waals surface area (Å²) < 4.78 is 79.5. The van der Waals surface area contributed by atoms with E-state index in [-0.39, 0.29) is 24.7 Å². The molecule has 0 amide bonds. The summed E-state index contributed by atoms with van der Waals surface area (Å²) in [5.41, 5.74) is 6.67. The fourth-order valence-corrected chi connectivity index (χ4v) is 6.57. The molecule has 232 valence electrons. The lowest BCUT2D eigenvalue weighted by Crippen LogP contribution is -2.29. The van der Waals surface area contributed by atoms with Gasteiger partial charge in [-0.15, -0.1) is 0 Å². The van der Waals surface area contributed by atoms with Crippen LogP contribution in [0.15, 0.2) is 18.3 Å². The van der Waals surface area contributed by atoms with Gasteiger partial charge >= 0.3 is 12.2 Å². The zero-order valence-corrected chi connectivity index (χ0v) is 23.8. The van der Waals surface area contributed by atoms with Crippen LogP contribution >= 0.6 is 0 Å². The number of aromatic nitrogens is 4. The number of methoxy groups -OCH3 is 1. The minimum atomic E-state index is -4.77. The summed E-state index contributed by atoms with van der Waals surface area (Å²) in [6, 6.07) is 2.37. The third-order valence-electron chi connectivity index (χ3n) is 8.66. The van der Waals surface area contributed by atoms with Gasteiger partial charge in [0.15, 0.2) is 5.82 Å². The van der Waals surface area contributed by atoms with Crippen LogP contribution in [0.5, 0.6) is 6.01 Å². The average molecular weight is 608 g/mol. The van der Waals surface area contributed by atoms with Gasteiger partial charge in [0, 0.05) is 54.5 Å². The summed E-state index contributed by atoms with van der Waals surface area (Å²) in [5.74, 6) is -0.553. The molecule has 2 fully saturated rings. The Morgan fingerprint density at radius 2 is 2.00 bits per heavy atom. The fraction of sp³-hybridized carbons (Fsp3) is 0.552. The number of benzene rings is 1. The van der Waals surface area contributed by atoms with Crippen LogP contribution < -0.4 is 15.4 Å². The number of halogens is 5. The number of nitrogens with one attached hydrogen (secondary N) is 1. The van der Waals surface area contributed by atoms with E-state index in [4.69, 9.17) is 15.2 Å². The maximum atomic E-state index is 14.8. The second kappa shape index (κ2) is 11.9. The van der Waals surface area contributed by atoms with E-state index in [1.54, 1.807) is 6.20 Å². The van der Waals surface area contributed by atoms with E-state index >= 15 is 0 Å². The molecule has 0 radical (unpaired) electrons. The van der Waals surface area contributed by atoms with Crippen LogP contribution in [0, 0.1) is 5.82 Å². The maximum Gasteiger partial charge on any atom is 0.416 e. The van der Waals surface area contributed by atoms with Crippen molar-refractivity contribution in [1.29, 1.82) is 0 Å². The Kier molecular flexibility index (Phi) is 8.16. The fourth-order valence-electron chi connectivity index (χ4n) is 6.57.